The van der Waals surface area contributed by atoms with Crippen molar-refractivity contribution in [3.63, 3.8) is 0 Å². The molecule has 0 nitrogen and oxygen atoms in total. The molecule has 0 aromatic heterocycles. The number of halogens is 5. The van der Waals surface area contributed by atoms with Gasteiger partial charge in [0.05, 0.1) is 10.9 Å². The Labute approximate surface area is 125 Å². The predicted molar refractivity (Wildman–Crippen MR) is 74.8 cm³/mol. The summed E-state index contributed by atoms with van der Waals surface area (Å²) in [7, 11) is 0. The molecule has 0 spiro atoms. The van der Waals surface area contributed by atoms with Crippen LogP contribution in [0.15, 0.2) is 48.5 Å². The molecule has 0 amide bonds. The molecule has 1 unspecified atom stereocenters. The zero-order valence-corrected chi connectivity index (χ0v) is 11.8. The fraction of sp³-hybridized carbons (Fsp3) is 0.250. The lowest BCUT2D eigenvalue weighted by Crippen LogP contribution is -2.09. The second kappa shape index (κ2) is 6.48. The lowest BCUT2D eigenvalue weighted by Gasteiger charge is -2.12. The highest BCUT2D eigenvalue weighted by Gasteiger charge is 2.34. The molecule has 2 aromatic carbocycles. The minimum atomic E-state index is -4.68. The van der Waals surface area contributed by atoms with Gasteiger partial charge in [-0.2, -0.15) is 13.2 Å². The van der Waals surface area contributed by atoms with E-state index in [1.165, 1.54) is 6.07 Å². The Bertz CT molecular complexity index is 593. The van der Waals surface area contributed by atoms with Crippen molar-refractivity contribution in [2.24, 2.45) is 0 Å². The van der Waals surface area contributed by atoms with Crippen LogP contribution in [0.2, 0.25) is 0 Å². The van der Waals surface area contributed by atoms with Crippen LogP contribution in [0.4, 0.5) is 17.6 Å². The largest absolute Gasteiger partial charge is 0.419 e. The molecule has 0 N–H and O–H groups in total. The molecule has 2 rings (SSSR count). The maximum atomic E-state index is 13.2. The Morgan fingerprint density at radius 3 is 2.29 bits per heavy atom. The van der Waals surface area contributed by atoms with E-state index in [0.29, 0.717) is 18.4 Å². The average molecular weight is 317 g/mol. The molecule has 0 bridgehead atoms. The van der Waals surface area contributed by atoms with Crippen LogP contribution in [-0.4, -0.2) is 0 Å². The third-order valence-corrected chi connectivity index (χ3v) is 3.65. The monoisotopic (exact) mass is 316 g/mol. The molecule has 1 atom stereocenters. The number of rotatable bonds is 4. The molecule has 0 fully saturated rings. The second-order valence-electron chi connectivity index (χ2n) is 4.73. The molecular formula is C16H13ClF4. The van der Waals surface area contributed by atoms with Gasteiger partial charge in [-0.3, -0.25) is 0 Å². The molecule has 0 saturated heterocycles. The third kappa shape index (κ3) is 4.21. The van der Waals surface area contributed by atoms with E-state index in [-0.39, 0.29) is 5.38 Å². The summed E-state index contributed by atoms with van der Waals surface area (Å²) < 4.78 is 51.1. The molecule has 2 aromatic rings. The van der Waals surface area contributed by atoms with E-state index < -0.39 is 17.6 Å². The van der Waals surface area contributed by atoms with Gasteiger partial charge in [0.15, 0.2) is 0 Å². The first-order valence-corrected chi connectivity index (χ1v) is 6.86. The van der Waals surface area contributed by atoms with Crippen LogP contribution < -0.4 is 0 Å². The Hall–Kier alpha value is -1.55. The maximum absolute atomic E-state index is 13.2. The lowest BCUT2D eigenvalue weighted by atomic mass is 10.0. The van der Waals surface area contributed by atoms with Gasteiger partial charge >= 0.3 is 6.18 Å². The van der Waals surface area contributed by atoms with E-state index in [1.807, 2.05) is 30.3 Å². The van der Waals surface area contributed by atoms with Crippen molar-refractivity contribution in [1.29, 1.82) is 0 Å². The first-order chi connectivity index (χ1) is 9.88. The van der Waals surface area contributed by atoms with Crippen molar-refractivity contribution in [3.8, 4) is 0 Å². The van der Waals surface area contributed by atoms with Gasteiger partial charge in [0.2, 0.25) is 0 Å². The first kappa shape index (κ1) is 15.8. The van der Waals surface area contributed by atoms with Crippen LogP contribution >= 0.6 is 11.6 Å². The zero-order valence-electron chi connectivity index (χ0n) is 11.0. The molecule has 21 heavy (non-hydrogen) atoms. The number of hydrogen-bond acceptors (Lipinski definition) is 0. The van der Waals surface area contributed by atoms with Gasteiger partial charge in [0.25, 0.3) is 0 Å². The normalized spacial score (nSPS) is 13.2. The van der Waals surface area contributed by atoms with Crippen molar-refractivity contribution < 1.29 is 17.6 Å². The molecule has 0 aliphatic heterocycles. The van der Waals surface area contributed by atoms with E-state index in [2.05, 4.69) is 0 Å². The first-order valence-electron chi connectivity index (χ1n) is 6.42. The number of benzene rings is 2. The SMILES string of the molecule is Fc1ccc(CCC(Cl)c2ccccc2)cc1C(F)(F)F. The molecule has 0 heterocycles. The van der Waals surface area contributed by atoms with Gasteiger partial charge in [-0.05, 0) is 36.1 Å². The molecule has 0 saturated carbocycles. The van der Waals surface area contributed by atoms with Crippen LogP contribution in [0.25, 0.3) is 0 Å². The summed E-state index contributed by atoms with van der Waals surface area (Å²) in [6.07, 6.45) is -3.85. The standard InChI is InChI=1S/C16H13ClF4/c17-14(12-4-2-1-3-5-12)8-6-11-7-9-15(18)13(10-11)16(19,20)21/h1-5,7,9-10,14H,6,8H2. The molecule has 0 aliphatic rings. The van der Waals surface area contributed by atoms with Gasteiger partial charge in [-0.25, -0.2) is 4.39 Å². The highest BCUT2D eigenvalue weighted by Crippen LogP contribution is 2.33. The fourth-order valence-corrected chi connectivity index (χ4v) is 2.32. The van der Waals surface area contributed by atoms with Gasteiger partial charge in [0, 0.05) is 0 Å². The summed E-state index contributed by atoms with van der Waals surface area (Å²) in [6.45, 7) is 0. The quantitative estimate of drug-likeness (QED) is 0.497. The third-order valence-electron chi connectivity index (χ3n) is 3.18. The summed E-state index contributed by atoms with van der Waals surface area (Å²) >= 11 is 6.22. The molecular weight excluding hydrogens is 304 g/mol. The van der Waals surface area contributed by atoms with Gasteiger partial charge in [-0.1, -0.05) is 36.4 Å². The Morgan fingerprint density at radius 2 is 1.67 bits per heavy atom. The minimum absolute atomic E-state index is 0.286. The van der Waals surface area contributed by atoms with E-state index in [9.17, 15) is 17.6 Å². The van der Waals surface area contributed by atoms with Crippen LogP contribution in [0, 0.1) is 5.82 Å². The van der Waals surface area contributed by atoms with Crippen LogP contribution in [0.5, 0.6) is 0 Å². The summed E-state index contributed by atoms with van der Waals surface area (Å²) in [6, 6.07) is 12.4. The van der Waals surface area contributed by atoms with Gasteiger partial charge in [0.1, 0.15) is 5.82 Å². The van der Waals surface area contributed by atoms with Gasteiger partial charge < -0.3 is 0 Å². The number of aryl methyl sites for hydroxylation is 1. The Kier molecular flexibility index (Phi) is 4.88. The minimum Gasteiger partial charge on any atom is -0.206 e. The second-order valence-corrected chi connectivity index (χ2v) is 5.26. The topological polar surface area (TPSA) is 0 Å². The van der Waals surface area contributed by atoms with Crippen LogP contribution in [-0.2, 0) is 12.6 Å². The predicted octanol–water partition coefficient (Wildman–Crippen LogP) is 5.76. The van der Waals surface area contributed by atoms with Gasteiger partial charge in [-0.15, -0.1) is 11.6 Å². The molecule has 0 aliphatic carbocycles. The van der Waals surface area contributed by atoms with E-state index in [1.54, 1.807) is 0 Å². The highest BCUT2D eigenvalue weighted by molar-refractivity contribution is 6.20. The van der Waals surface area contributed by atoms with Crippen molar-refractivity contribution in [2.45, 2.75) is 24.4 Å². The summed E-state index contributed by atoms with van der Waals surface area (Å²) in [5, 5.41) is -0.286. The van der Waals surface area contributed by atoms with E-state index in [0.717, 1.165) is 17.7 Å². The Morgan fingerprint density at radius 1 is 1.00 bits per heavy atom. The molecule has 0 radical (unpaired) electrons. The number of alkyl halides is 4. The van der Waals surface area contributed by atoms with Crippen molar-refractivity contribution >= 4 is 11.6 Å². The molecule has 112 valence electrons. The van der Waals surface area contributed by atoms with E-state index >= 15 is 0 Å². The van der Waals surface area contributed by atoms with Crippen LogP contribution in [0.1, 0.15) is 28.5 Å². The van der Waals surface area contributed by atoms with Crippen molar-refractivity contribution in [1.82, 2.24) is 0 Å². The zero-order chi connectivity index (χ0) is 15.5. The van der Waals surface area contributed by atoms with Crippen LogP contribution in [0.3, 0.4) is 0 Å². The van der Waals surface area contributed by atoms with Crippen molar-refractivity contribution in [3.05, 3.63) is 71.0 Å². The fourth-order valence-electron chi connectivity index (χ4n) is 2.07. The average Bonchev–Trinajstić information content (AvgIpc) is 2.45. The number of hydrogen-bond donors (Lipinski definition) is 0. The maximum Gasteiger partial charge on any atom is 0.419 e. The van der Waals surface area contributed by atoms with Crippen molar-refractivity contribution in [2.75, 3.05) is 0 Å². The Balaban J connectivity index is 2.07. The van der Waals surface area contributed by atoms with E-state index in [4.69, 9.17) is 11.6 Å². The summed E-state index contributed by atoms with van der Waals surface area (Å²) in [4.78, 5) is 0. The molecule has 5 heteroatoms. The summed E-state index contributed by atoms with van der Waals surface area (Å²) in [5.41, 5.74) is 0.105. The smallest absolute Gasteiger partial charge is 0.206 e. The summed E-state index contributed by atoms with van der Waals surface area (Å²) in [5.74, 6) is -1.25. The lowest BCUT2D eigenvalue weighted by molar-refractivity contribution is -0.140. The highest BCUT2D eigenvalue weighted by atomic mass is 35.5.